The van der Waals surface area contributed by atoms with Gasteiger partial charge in [-0.25, -0.2) is 9.78 Å². The summed E-state index contributed by atoms with van der Waals surface area (Å²) >= 11 is 1.61. The van der Waals surface area contributed by atoms with Gasteiger partial charge in [0.05, 0.1) is 12.4 Å². The fourth-order valence-corrected chi connectivity index (χ4v) is 1.81. The molecule has 0 aliphatic rings. The predicted molar refractivity (Wildman–Crippen MR) is 60.6 cm³/mol. The molecule has 0 fully saturated rings. The minimum absolute atomic E-state index is 0.0599. The van der Waals surface area contributed by atoms with Crippen LogP contribution in [0, 0.1) is 0 Å². The van der Waals surface area contributed by atoms with Crippen LogP contribution in [0.25, 0.3) is 0 Å². The molecule has 0 radical (unpaired) electrons. The van der Waals surface area contributed by atoms with E-state index < -0.39 is 5.97 Å². The van der Waals surface area contributed by atoms with Crippen LogP contribution < -0.4 is 5.32 Å². The second-order valence-corrected chi connectivity index (χ2v) is 3.86. The minimum Gasteiger partial charge on any atom is -0.476 e. The van der Waals surface area contributed by atoms with Gasteiger partial charge in [0.25, 0.3) is 0 Å². The fraction of sp³-hybridized carbons (Fsp3) is 0.100. The monoisotopic (exact) mass is 235 g/mol. The third kappa shape index (κ3) is 2.54. The molecule has 0 aliphatic heterocycles. The van der Waals surface area contributed by atoms with Crippen LogP contribution in [0.1, 0.15) is 16.1 Å². The number of aromatic carboxylic acids is 1. The van der Waals surface area contributed by atoms with Crippen molar-refractivity contribution in [2.75, 3.05) is 5.32 Å². The van der Waals surface area contributed by atoms with Gasteiger partial charge in [0.1, 0.15) is 5.82 Å². The van der Waals surface area contributed by atoms with E-state index in [1.165, 1.54) is 12.4 Å². The topological polar surface area (TPSA) is 75.1 Å². The summed E-state index contributed by atoms with van der Waals surface area (Å²) in [5.41, 5.74) is 1.07. The first kappa shape index (κ1) is 10.6. The maximum Gasteiger partial charge on any atom is 0.356 e. The van der Waals surface area contributed by atoms with Gasteiger partial charge >= 0.3 is 5.97 Å². The van der Waals surface area contributed by atoms with Crippen LogP contribution in [0.2, 0.25) is 0 Å². The molecule has 5 nitrogen and oxygen atoms in total. The van der Waals surface area contributed by atoms with Crippen molar-refractivity contribution in [3.63, 3.8) is 0 Å². The molecule has 16 heavy (non-hydrogen) atoms. The number of nitrogens with one attached hydrogen (secondary N) is 1. The molecule has 2 N–H and O–H groups in total. The number of nitrogens with zero attached hydrogens (tertiary/aromatic N) is 2. The number of thiophene rings is 1. The molecule has 0 bridgehead atoms. The number of carbonyl (C=O) groups is 1. The van der Waals surface area contributed by atoms with Crippen LogP contribution >= 0.6 is 11.3 Å². The highest BCUT2D eigenvalue weighted by molar-refractivity contribution is 7.07. The van der Waals surface area contributed by atoms with Crippen molar-refractivity contribution < 1.29 is 9.90 Å². The number of aromatic nitrogens is 2. The van der Waals surface area contributed by atoms with Crippen LogP contribution in [0.15, 0.2) is 29.2 Å². The first-order chi connectivity index (χ1) is 7.75. The Morgan fingerprint density at radius 1 is 1.50 bits per heavy atom. The Bertz CT molecular complexity index is 485. The standard InChI is InChI=1S/C10H9N3O2S/c14-10(15)8-4-11-5-9(13-8)12-3-7-1-2-16-6-7/h1-2,4-6H,3H2,(H,12,13)(H,14,15). The van der Waals surface area contributed by atoms with Crippen molar-refractivity contribution in [1.82, 2.24) is 9.97 Å². The van der Waals surface area contributed by atoms with Crippen LogP contribution in [0.4, 0.5) is 5.82 Å². The first-order valence-electron chi connectivity index (χ1n) is 4.56. The molecule has 0 saturated heterocycles. The SMILES string of the molecule is O=C(O)c1cncc(NCc2ccsc2)n1. The van der Waals surface area contributed by atoms with E-state index in [0.717, 1.165) is 5.56 Å². The Balaban J connectivity index is 2.04. The van der Waals surface area contributed by atoms with Crippen LogP contribution in [-0.4, -0.2) is 21.0 Å². The van der Waals surface area contributed by atoms with Gasteiger partial charge in [0, 0.05) is 6.54 Å². The van der Waals surface area contributed by atoms with Crippen molar-refractivity contribution in [3.8, 4) is 0 Å². The summed E-state index contributed by atoms with van der Waals surface area (Å²) < 4.78 is 0. The first-order valence-corrected chi connectivity index (χ1v) is 5.50. The lowest BCUT2D eigenvalue weighted by molar-refractivity contribution is 0.0690. The van der Waals surface area contributed by atoms with Crippen LogP contribution in [-0.2, 0) is 6.54 Å². The highest BCUT2D eigenvalue weighted by atomic mass is 32.1. The summed E-state index contributed by atoms with van der Waals surface area (Å²) in [6.07, 6.45) is 2.72. The molecular formula is C10H9N3O2S. The van der Waals surface area contributed by atoms with E-state index in [1.807, 2.05) is 16.8 Å². The molecule has 2 heterocycles. The third-order valence-corrected chi connectivity index (χ3v) is 2.64. The van der Waals surface area contributed by atoms with Crippen LogP contribution in [0.3, 0.4) is 0 Å². The average Bonchev–Trinajstić information content (AvgIpc) is 2.79. The summed E-state index contributed by atoms with van der Waals surface area (Å²) in [6, 6.07) is 1.99. The Hall–Kier alpha value is -1.95. The van der Waals surface area contributed by atoms with E-state index >= 15 is 0 Å². The molecule has 0 atom stereocenters. The van der Waals surface area contributed by atoms with Gasteiger partial charge in [0.15, 0.2) is 5.69 Å². The number of carboxylic acid groups (broad SMARTS) is 1. The molecule has 6 heteroatoms. The van der Waals surface area contributed by atoms with Crippen molar-refractivity contribution >= 4 is 23.1 Å². The average molecular weight is 235 g/mol. The van der Waals surface area contributed by atoms with Crippen molar-refractivity contribution in [2.45, 2.75) is 6.54 Å². The number of carboxylic acids is 1. The Morgan fingerprint density at radius 2 is 2.38 bits per heavy atom. The van der Waals surface area contributed by atoms with Crippen molar-refractivity contribution in [1.29, 1.82) is 0 Å². The largest absolute Gasteiger partial charge is 0.476 e. The Kier molecular flexibility index (Phi) is 3.11. The number of hydrogen-bond acceptors (Lipinski definition) is 5. The molecule has 0 saturated carbocycles. The normalized spacial score (nSPS) is 10.0. The molecule has 0 amide bonds. The molecule has 0 spiro atoms. The number of anilines is 1. The summed E-state index contributed by atoms with van der Waals surface area (Å²) in [7, 11) is 0. The predicted octanol–water partition coefficient (Wildman–Crippen LogP) is 1.85. The molecular weight excluding hydrogens is 226 g/mol. The Morgan fingerprint density at radius 3 is 3.06 bits per heavy atom. The minimum atomic E-state index is -1.08. The van der Waals surface area contributed by atoms with Crippen molar-refractivity contribution in [2.24, 2.45) is 0 Å². The van der Waals surface area contributed by atoms with Gasteiger partial charge in [-0.15, -0.1) is 0 Å². The van der Waals surface area contributed by atoms with Gasteiger partial charge in [-0.1, -0.05) is 0 Å². The van der Waals surface area contributed by atoms with Gasteiger partial charge in [-0.2, -0.15) is 11.3 Å². The van der Waals surface area contributed by atoms with Crippen LogP contribution in [0.5, 0.6) is 0 Å². The molecule has 0 aliphatic carbocycles. The summed E-state index contributed by atoms with van der Waals surface area (Å²) in [5.74, 6) is -0.613. The van der Waals surface area contributed by atoms with Gasteiger partial charge in [-0.05, 0) is 22.4 Å². The molecule has 2 rings (SSSR count). The fourth-order valence-electron chi connectivity index (χ4n) is 1.14. The zero-order valence-electron chi connectivity index (χ0n) is 8.25. The lowest BCUT2D eigenvalue weighted by Crippen LogP contribution is -2.06. The zero-order valence-corrected chi connectivity index (χ0v) is 9.07. The number of rotatable bonds is 4. The van der Waals surface area contributed by atoms with E-state index in [1.54, 1.807) is 11.3 Å². The smallest absolute Gasteiger partial charge is 0.356 e. The lowest BCUT2D eigenvalue weighted by Gasteiger charge is -2.03. The summed E-state index contributed by atoms with van der Waals surface area (Å²) in [6.45, 7) is 0.612. The van der Waals surface area contributed by atoms with E-state index in [-0.39, 0.29) is 5.69 Å². The highest BCUT2D eigenvalue weighted by Crippen LogP contribution is 2.09. The van der Waals surface area contributed by atoms with Gasteiger partial charge < -0.3 is 10.4 Å². The van der Waals surface area contributed by atoms with E-state index in [0.29, 0.717) is 12.4 Å². The zero-order chi connectivity index (χ0) is 11.4. The molecule has 82 valence electrons. The highest BCUT2D eigenvalue weighted by Gasteiger charge is 2.05. The maximum atomic E-state index is 10.7. The van der Waals surface area contributed by atoms with Gasteiger partial charge in [-0.3, -0.25) is 4.98 Å². The van der Waals surface area contributed by atoms with E-state index in [9.17, 15) is 4.79 Å². The Labute approximate surface area is 95.8 Å². The second kappa shape index (κ2) is 4.71. The molecule has 0 aromatic carbocycles. The molecule has 2 aromatic heterocycles. The van der Waals surface area contributed by atoms with Gasteiger partial charge in [0.2, 0.25) is 0 Å². The van der Waals surface area contributed by atoms with E-state index in [4.69, 9.17) is 5.11 Å². The lowest BCUT2D eigenvalue weighted by atomic mass is 10.3. The number of hydrogen-bond donors (Lipinski definition) is 2. The van der Waals surface area contributed by atoms with E-state index in [2.05, 4.69) is 15.3 Å². The summed E-state index contributed by atoms with van der Waals surface area (Å²) in [4.78, 5) is 18.4. The third-order valence-electron chi connectivity index (χ3n) is 1.91. The molecule has 2 aromatic rings. The quantitative estimate of drug-likeness (QED) is 0.845. The second-order valence-electron chi connectivity index (χ2n) is 3.08. The summed E-state index contributed by atoms with van der Waals surface area (Å²) in [5, 5.41) is 15.7. The van der Waals surface area contributed by atoms with Crippen molar-refractivity contribution in [3.05, 3.63) is 40.5 Å². The molecule has 0 unspecified atom stereocenters. The maximum absolute atomic E-state index is 10.7.